The normalized spacial score (nSPS) is 17.4. The Morgan fingerprint density at radius 3 is 2.83 bits per heavy atom. The second kappa shape index (κ2) is 8.16. The van der Waals surface area contributed by atoms with Gasteiger partial charge in [-0.05, 0) is 25.5 Å². The van der Waals surface area contributed by atoms with E-state index in [1.54, 1.807) is 6.92 Å². The number of nitrogens with two attached hydrogens (primary N) is 1. The molecular weight excluding hydrogens is 349 g/mol. The summed E-state index contributed by atoms with van der Waals surface area (Å²) in [5, 5.41) is 0.696. The van der Waals surface area contributed by atoms with Crippen LogP contribution in [-0.2, 0) is 11.3 Å². The summed E-state index contributed by atoms with van der Waals surface area (Å²) in [6.07, 6.45) is 4.83. The number of carbonyl (C=O) groups excluding carboxylic acids is 1. The van der Waals surface area contributed by atoms with Crippen LogP contribution in [0.3, 0.4) is 0 Å². The molecule has 132 valence electrons. The maximum atomic E-state index is 12.0. The van der Waals surface area contributed by atoms with Gasteiger partial charge in [0.15, 0.2) is 0 Å². The minimum Gasteiger partial charge on any atom is -0.340 e. The summed E-state index contributed by atoms with van der Waals surface area (Å²) >= 11 is 6.01. The zero-order valence-electron chi connectivity index (χ0n) is 13.7. The molecule has 1 fully saturated rings. The number of pyridine rings is 1. The Bertz CT molecular complexity index is 703. The van der Waals surface area contributed by atoms with Crippen molar-refractivity contribution in [3.05, 3.63) is 35.2 Å². The van der Waals surface area contributed by atoms with Gasteiger partial charge in [-0.2, -0.15) is 0 Å². The SMILES string of the molecule is C[C@@H](N)C(=O)N1CCCN(Cc2cn3cc(Cl)ccc3n2)CC1.Cl. The van der Waals surface area contributed by atoms with Gasteiger partial charge in [0.25, 0.3) is 0 Å². The number of amides is 1. The second-order valence-electron chi connectivity index (χ2n) is 6.09. The Morgan fingerprint density at radius 1 is 1.29 bits per heavy atom. The van der Waals surface area contributed by atoms with Crippen LogP contribution in [0.15, 0.2) is 24.5 Å². The van der Waals surface area contributed by atoms with Crippen molar-refractivity contribution >= 4 is 35.6 Å². The Morgan fingerprint density at radius 2 is 2.08 bits per heavy atom. The van der Waals surface area contributed by atoms with Gasteiger partial charge in [0.2, 0.25) is 5.91 Å². The van der Waals surface area contributed by atoms with E-state index in [0.29, 0.717) is 5.02 Å². The maximum Gasteiger partial charge on any atom is 0.239 e. The number of halogens is 2. The molecular formula is C16H23Cl2N5O. The molecule has 3 rings (SSSR count). The summed E-state index contributed by atoms with van der Waals surface area (Å²) in [5.41, 5.74) is 7.61. The zero-order chi connectivity index (χ0) is 16.4. The Balaban J connectivity index is 0.00000208. The first-order chi connectivity index (χ1) is 11.0. The van der Waals surface area contributed by atoms with Gasteiger partial charge in [-0.1, -0.05) is 11.6 Å². The van der Waals surface area contributed by atoms with E-state index in [1.165, 1.54) is 0 Å². The number of fused-ring (bicyclic) bond motifs is 1. The molecule has 8 heteroatoms. The quantitative estimate of drug-likeness (QED) is 0.892. The average Bonchev–Trinajstić information content (AvgIpc) is 2.75. The molecule has 1 amide bonds. The van der Waals surface area contributed by atoms with Crippen molar-refractivity contribution in [3.63, 3.8) is 0 Å². The van der Waals surface area contributed by atoms with E-state index in [-0.39, 0.29) is 18.3 Å². The Labute approximate surface area is 153 Å². The van der Waals surface area contributed by atoms with E-state index in [1.807, 2.05) is 33.8 Å². The third-order valence-electron chi connectivity index (χ3n) is 4.14. The molecule has 0 aliphatic carbocycles. The lowest BCUT2D eigenvalue weighted by Crippen LogP contribution is -2.43. The van der Waals surface area contributed by atoms with Crippen LogP contribution in [0.1, 0.15) is 19.0 Å². The molecule has 0 spiro atoms. The highest BCUT2D eigenvalue weighted by atomic mass is 35.5. The van der Waals surface area contributed by atoms with Crippen molar-refractivity contribution in [2.24, 2.45) is 5.73 Å². The standard InChI is InChI=1S/C16H22ClN5O.ClH/c1-12(18)16(23)21-6-2-5-20(7-8-21)10-14-11-22-9-13(17)3-4-15(22)19-14;/h3-4,9,11-12H,2,5-8,10,18H2,1H3;1H/t12-;/m1./s1. The lowest BCUT2D eigenvalue weighted by Gasteiger charge is -2.23. The third kappa shape index (κ3) is 4.39. The van der Waals surface area contributed by atoms with Gasteiger partial charge in [-0.3, -0.25) is 9.69 Å². The van der Waals surface area contributed by atoms with Gasteiger partial charge in [0.05, 0.1) is 16.8 Å². The van der Waals surface area contributed by atoms with Crippen molar-refractivity contribution in [1.29, 1.82) is 0 Å². The fraction of sp³-hybridized carbons (Fsp3) is 0.500. The van der Waals surface area contributed by atoms with Crippen LogP contribution >= 0.6 is 24.0 Å². The van der Waals surface area contributed by atoms with Crippen molar-refractivity contribution in [3.8, 4) is 0 Å². The summed E-state index contributed by atoms with van der Waals surface area (Å²) in [5.74, 6) is 0.0363. The van der Waals surface area contributed by atoms with Crippen LogP contribution in [0.5, 0.6) is 0 Å². The first kappa shape index (κ1) is 19.0. The van der Waals surface area contributed by atoms with Gasteiger partial charge >= 0.3 is 0 Å². The molecule has 2 aromatic rings. The Hall–Kier alpha value is -1.34. The molecule has 2 N–H and O–H groups in total. The van der Waals surface area contributed by atoms with Crippen molar-refractivity contribution < 1.29 is 4.79 Å². The lowest BCUT2D eigenvalue weighted by atomic mass is 10.3. The minimum atomic E-state index is -0.426. The number of nitrogens with zero attached hydrogens (tertiary/aromatic N) is 4. The number of imidazole rings is 1. The maximum absolute atomic E-state index is 12.0. The molecule has 1 aliphatic rings. The van der Waals surface area contributed by atoms with E-state index in [9.17, 15) is 4.79 Å². The molecule has 0 unspecified atom stereocenters. The van der Waals surface area contributed by atoms with Crippen molar-refractivity contribution in [2.75, 3.05) is 26.2 Å². The van der Waals surface area contributed by atoms with E-state index < -0.39 is 6.04 Å². The van der Waals surface area contributed by atoms with Crippen LogP contribution in [0.4, 0.5) is 0 Å². The molecule has 1 saturated heterocycles. The largest absolute Gasteiger partial charge is 0.340 e. The molecule has 1 aliphatic heterocycles. The predicted molar refractivity (Wildman–Crippen MR) is 97.6 cm³/mol. The summed E-state index contributed by atoms with van der Waals surface area (Å²) < 4.78 is 1.95. The van der Waals surface area contributed by atoms with Crippen molar-refractivity contribution in [2.45, 2.75) is 25.9 Å². The topological polar surface area (TPSA) is 66.9 Å². The fourth-order valence-corrected chi connectivity index (χ4v) is 3.13. The number of aromatic nitrogens is 2. The number of rotatable bonds is 3. The minimum absolute atomic E-state index is 0. The van der Waals surface area contributed by atoms with Gasteiger partial charge in [-0.15, -0.1) is 12.4 Å². The molecule has 6 nitrogen and oxygen atoms in total. The first-order valence-electron chi connectivity index (χ1n) is 7.93. The number of hydrogen-bond donors (Lipinski definition) is 1. The van der Waals surface area contributed by atoms with E-state index in [4.69, 9.17) is 17.3 Å². The zero-order valence-corrected chi connectivity index (χ0v) is 15.3. The molecule has 2 aromatic heterocycles. The summed E-state index contributed by atoms with van der Waals surface area (Å²) in [6.45, 7) is 5.81. The summed E-state index contributed by atoms with van der Waals surface area (Å²) in [7, 11) is 0. The van der Waals surface area contributed by atoms with Gasteiger partial charge in [0, 0.05) is 45.1 Å². The second-order valence-corrected chi connectivity index (χ2v) is 6.53. The monoisotopic (exact) mass is 371 g/mol. The van der Waals surface area contributed by atoms with E-state index >= 15 is 0 Å². The summed E-state index contributed by atoms with van der Waals surface area (Å²) in [4.78, 5) is 20.8. The molecule has 0 aromatic carbocycles. The van der Waals surface area contributed by atoms with Crippen LogP contribution in [0.25, 0.3) is 5.65 Å². The number of hydrogen-bond acceptors (Lipinski definition) is 4. The van der Waals surface area contributed by atoms with Gasteiger partial charge in [0.1, 0.15) is 5.65 Å². The molecule has 0 bridgehead atoms. The van der Waals surface area contributed by atoms with Crippen LogP contribution in [0, 0.1) is 0 Å². The highest BCUT2D eigenvalue weighted by Gasteiger charge is 2.21. The fourth-order valence-electron chi connectivity index (χ4n) is 2.96. The molecule has 3 heterocycles. The molecule has 24 heavy (non-hydrogen) atoms. The highest BCUT2D eigenvalue weighted by Crippen LogP contribution is 2.14. The van der Waals surface area contributed by atoms with Crippen LogP contribution in [0.2, 0.25) is 5.02 Å². The van der Waals surface area contributed by atoms with Crippen molar-refractivity contribution in [1.82, 2.24) is 19.2 Å². The average molecular weight is 372 g/mol. The Kier molecular flexibility index (Phi) is 6.46. The smallest absolute Gasteiger partial charge is 0.239 e. The van der Waals surface area contributed by atoms with E-state index in [0.717, 1.165) is 50.5 Å². The third-order valence-corrected chi connectivity index (χ3v) is 4.36. The molecule has 0 radical (unpaired) electrons. The lowest BCUT2D eigenvalue weighted by molar-refractivity contribution is -0.132. The molecule has 0 saturated carbocycles. The van der Waals surface area contributed by atoms with Gasteiger partial charge < -0.3 is 15.0 Å². The predicted octanol–water partition coefficient (Wildman–Crippen LogP) is 1.79. The van der Waals surface area contributed by atoms with E-state index in [2.05, 4.69) is 9.88 Å². The van der Waals surface area contributed by atoms with Gasteiger partial charge in [-0.25, -0.2) is 4.98 Å². The van der Waals surface area contributed by atoms with Crippen LogP contribution < -0.4 is 5.73 Å². The first-order valence-corrected chi connectivity index (χ1v) is 8.30. The number of carbonyl (C=O) groups is 1. The summed E-state index contributed by atoms with van der Waals surface area (Å²) in [6, 6.07) is 3.33. The molecule has 1 atom stereocenters. The van der Waals surface area contributed by atoms with Crippen LogP contribution in [-0.4, -0.2) is 57.3 Å². The highest BCUT2D eigenvalue weighted by molar-refractivity contribution is 6.30.